The Balaban J connectivity index is 2.60. The van der Waals surface area contributed by atoms with E-state index in [1.165, 1.54) is 7.11 Å². The second kappa shape index (κ2) is 5.99. The summed E-state index contributed by atoms with van der Waals surface area (Å²) < 4.78 is 17.1. The normalized spacial score (nSPS) is 9.94. The van der Waals surface area contributed by atoms with Crippen LogP contribution in [0.25, 0.3) is 0 Å². The van der Waals surface area contributed by atoms with Crippen LogP contribution in [0.2, 0.25) is 0 Å². The summed E-state index contributed by atoms with van der Waals surface area (Å²) in [5.74, 6) is -0.360. The van der Waals surface area contributed by atoms with Gasteiger partial charge in [-0.25, -0.2) is 14.4 Å². The molecule has 0 aromatic carbocycles. The van der Waals surface area contributed by atoms with Crippen molar-refractivity contribution in [2.24, 2.45) is 0 Å². The summed E-state index contributed by atoms with van der Waals surface area (Å²) in [4.78, 5) is 20.4. The van der Waals surface area contributed by atoms with Gasteiger partial charge in [-0.1, -0.05) is 0 Å². The highest BCUT2D eigenvalue weighted by atomic mass is 19.1. The molecule has 0 spiro atoms. The molecule has 1 rings (SSSR count). The van der Waals surface area contributed by atoms with Gasteiger partial charge in [0.25, 0.3) is 0 Å². The second-order valence-electron chi connectivity index (χ2n) is 3.11. The van der Waals surface area contributed by atoms with Crippen LogP contribution in [-0.2, 0) is 9.53 Å². The van der Waals surface area contributed by atoms with E-state index in [9.17, 15) is 9.18 Å². The van der Waals surface area contributed by atoms with Crippen LogP contribution in [0.3, 0.4) is 0 Å². The Hall–Kier alpha value is -1.72. The number of hydrogen-bond donors (Lipinski definition) is 0. The molecule has 0 amide bonds. The number of esters is 1. The van der Waals surface area contributed by atoms with Crippen LogP contribution in [0, 0.1) is 5.82 Å². The highest BCUT2D eigenvalue weighted by Crippen LogP contribution is 2.06. The van der Waals surface area contributed by atoms with Gasteiger partial charge in [0.15, 0.2) is 5.82 Å². The lowest BCUT2D eigenvalue weighted by atomic mass is 10.4. The summed E-state index contributed by atoms with van der Waals surface area (Å²) in [6.45, 7) is 3.00. The van der Waals surface area contributed by atoms with Gasteiger partial charge in [0.2, 0.25) is 5.95 Å². The van der Waals surface area contributed by atoms with Crippen molar-refractivity contribution >= 4 is 11.9 Å². The lowest BCUT2D eigenvalue weighted by Crippen LogP contribution is -2.27. The number of rotatable bonds is 5. The molecule has 5 nitrogen and oxygen atoms in total. The Morgan fingerprint density at radius 2 is 2.12 bits per heavy atom. The molecule has 0 aliphatic heterocycles. The minimum atomic E-state index is -0.479. The third-order valence-corrected chi connectivity index (χ3v) is 2.08. The standard InChI is InChI=1S/C10H14FN3O2/c1-3-14(5-4-9(15)16-2)10-12-6-8(11)7-13-10/h6-7H,3-5H2,1-2H3. The molecule has 0 N–H and O–H groups in total. The van der Waals surface area contributed by atoms with Crippen molar-refractivity contribution in [2.75, 3.05) is 25.1 Å². The number of carbonyl (C=O) groups excluding carboxylic acids is 1. The maximum absolute atomic E-state index is 12.6. The average Bonchev–Trinajstić information content (AvgIpc) is 2.31. The quantitative estimate of drug-likeness (QED) is 0.702. The molecule has 16 heavy (non-hydrogen) atoms. The molecule has 0 fully saturated rings. The summed E-state index contributed by atoms with van der Waals surface area (Å²) in [6, 6.07) is 0. The molecule has 1 heterocycles. The predicted molar refractivity (Wildman–Crippen MR) is 56.5 cm³/mol. The van der Waals surface area contributed by atoms with Gasteiger partial charge >= 0.3 is 5.97 Å². The molecule has 0 saturated carbocycles. The molecular formula is C10H14FN3O2. The zero-order chi connectivity index (χ0) is 12.0. The van der Waals surface area contributed by atoms with E-state index in [-0.39, 0.29) is 12.4 Å². The number of methoxy groups -OCH3 is 1. The van der Waals surface area contributed by atoms with Crippen molar-refractivity contribution in [1.29, 1.82) is 0 Å². The number of anilines is 1. The van der Waals surface area contributed by atoms with Gasteiger partial charge in [0.1, 0.15) is 0 Å². The zero-order valence-electron chi connectivity index (χ0n) is 9.31. The van der Waals surface area contributed by atoms with Crippen LogP contribution in [0.4, 0.5) is 10.3 Å². The van der Waals surface area contributed by atoms with Crippen LogP contribution in [-0.4, -0.2) is 36.1 Å². The smallest absolute Gasteiger partial charge is 0.307 e. The fourth-order valence-corrected chi connectivity index (χ4v) is 1.20. The van der Waals surface area contributed by atoms with Gasteiger partial charge in [0.05, 0.1) is 25.9 Å². The molecule has 88 valence electrons. The van der Waals surface area contributed by atoms with E-state index in [1.807, 2.05) is 6.92 Å². The Morgan fingerprint density at radius 1 is 1.50 bits per heavy atom. The van der Waals surface area contributed by atoms with Crippen molar-refractivity contribution in [1.82, 2.24) is 9.97 Å². The van der Waals surface area contributed by atoms with Gasteiger partial charge in [-0.2, -0.15) is 0 Å². The minimum Gasteiger partial charge on any atom is -0.469 e. The Morgan fingerprint density at radius 3 is 2.62 bits per heavy atom. The highest BCUT2D eigenvalue weighted by molar-refractivity contribution is 5.69. The van der Waals surface area contributed by atoms with E-state index in [0.717, 1.165) is 12.4 Å². The number of hydrogen-bond acceptors (Lipinski definition) is 5. The van der Waals surface area contributed by atoms with Crippen molar-refractivity contribution in [3.05, 3.63) is 18.2 Å². The van der Waals surface area contributed by atoms with Crippen LogP contribution >= 0.6 is 0 Å². The van der Waals surface area contributed by atoms with E-state index >= 15 is 0 Å². The predicted octanol–water partition coefficient (Wildman–Crippen LogP) is 1.01. The number of aromatic nitrogens is 2. The molecule has 6 heteroatoms. The Labute approximate surface area is 93.3 Å². The summed E-state index contributed by atoms with van der Waals surface area (Å²) in [7, 11) is 1.34. The lowest BCUT2D eigenvalue weighted by molar-refractivity contribution is -0.140. The fourth-order valence-electron chi connectivity index (χ4n) is 1.20. The molecule has 1 aromatic heterocycles. The summed E-state index contributed by atoms with van der Waals surface area (Å²) >= 11 is 0. The van der Waals surface area contributed by atoms with Gasteiger partial charge in [0, 0.05) is 13.1 Å². The van der Waals surface area contributed by atoms with E-state index in [4.69, 9.17) is 0 Å². The minimum absolute atomic E-state index is 0.255. The molecule has 0 unspecified atom stereocenters. The molecule has 0 aliphatic carbocycles. The number of halogens is 1. The fraction of sp³-hybridized carbons (Fsp3) is 0.500. The van der Waals surface area contributed by atoms with Crippen LogP contribution in [0.15, 0.2) is 12.4 Å². The first kappa shape index (κ1) is 12.4. The van der Waals surface area contributed by atoms with Gasteiger partial charge < -0.3 is 9.64 Å². The third-order valence-electron chi connectivity index (χ3n) is 2.08. The first-order chi connectivity index (χ1) is 7.67. The SMILES string of the molecule is CCN(CCC(=O)OC)c1ncc(F)cn1. The van der Waals surface area contributed by atoms with Gasteiger partial charge in [-0.05, 0) is 6.92 Å². The lowest BCUT2D eigenvalue weighted by Gasteiger charge is -2.19. The summed E-state index contributed by atoms with van der Waals surface area (Å²) in [6.07, 6.45) is 2.46. The van der Waals surface area contributed by atoms with Crippen molar-refractivity contribution < 1.29 is 13.9 Å². The number of ether oxygens (including phenoxy) is 1. The molecule has 0 radical (unpaired) electrons. The third kappa shape index (κ3) is 3.45. The molecule has 0 saturated heterocycles. The van der Waals surface area contributed by atoms with Gasteiger partial charge in [-0.3, -0.25) is 4.79 Å². The monoisotopic (exact) mass is 227 g/mol. The Kier molecular flexibility index (Phi) is 4.63. The zero-order valence-corrected chi connectivity index (χ0v) is 9.31. The van der Waals surface area contributed by atoms with Gasteiger partial charge in [-0.15, -0.1) is 0 Å². The number of nitrogens with zero attached hydrogens (tertiary/aromatic N) is 3. The van der Waals surface area contributed by atoms with Crippen molar-refractivity contribution in [3.8, 4) is 0 Å². The molecule has 0 aliphatic rings. The first-order valence-electron chi connectivity index (χ1n) is 4.96. The highest BCUT2D eigenvalue weighted by Gasteiger charge is 2.09. The van der Waals surface area contributed by atoms with Crippen LogP contribution in [0.1, 0.15) is 13.3 Å². The molecule has 0 bridgehead atoms. The molecule has 1 aromatic rings. The van der Waals surface area contributed by atoms with Crippen LogP contribution < -0.4 is 4.90 Å². The summed E-state index contributed by atoms with van der Waals surface area (Å²) in [5.41, 5.74) is 0. The van der Waals surface area contributed by atoms with Crippen molar-refractivity contribution in [3.63, 3.8) is 0 Å². The van der Waals surface area contributed by atoms with Crippen molar-refractivity contribution in [2.45, 2.75) is 13.3 Å². The van der Waals surface area contributed by atoms with Crippen LogP contribution in [0.5, 0.6) is 0 Å². The van der Waals surface area contributed by atoms with E-state index in [0.29, 0.717) is 19.0 Å². The Bertz CT molecular complexity index is 342. The largest absolute Gasteiger partial charge is 0.469 e. The maximum atomic E-state index is 12.6. The molecular weight excluding hydrogens is 213 g/mol. The summed E-state index contributed by atoms with van der Waals surface area (Å²) in [5, 5.41) is 0. The topological polar surface area (TPSA) is 55.3 Å². The second-order valence-corrected chi connectivity index (χ2v) is 3.11. The average molecular weight is 227 g/mol. The van der Waals surface area contributed by atoms with E-state index < -0.39 is 5.82 Å². The molecule has 0 atom stereocenters. The van der Waals surface area contributed by atoms with E-state index in [1.54, 1.807) is 4.90 Å². The van der Waals surface area contributed by atoms with E-state index in [2.05, 4.69) is 14.7 Å². The maximum Gasteiger partial charge on any atom is 0.307 e. The number of carbonyl (C=O) groups is 1. The first-order valence-corrected chi connectivity index (χ1v) is 4.96.